The number of fused-ring (bicyclic) bond motifs is 1. The molecular weight excluding hydrogens is 362 g/mol. The van der Waals surface area contributed by atoms with Crippen LogP contribution in [0.15, 0.2) is 36.0 Å². The second kappa shape index (κ2) is 6.96. The van der Waals surface area contributed by atoms with Crippen LogP contribution < -0.4 is 10.6 Å². The lowest BCUT2D eigenvalue weighted by Gasteiger charge is -2.20. The molecule has 2 N–H and O–H groups in total. The Balaban J connectivity index is 1.47. The van der Waals surface area contributed by atoms with Crippen LogP contribution in [0.25, 0.3) is 10.6 Å². The number of anilines is 1. The van der Waals surface area contributed by atoms with E-state index in [0.29, 0.717) is 12.1 Å². The van der Waals surface area contributed by atoms with Crippen molar-refractivity contribution in [3.63, 3.8) is 0 Å². The van der Waals surface area contributed by atoms with Crippen LogP contribution in [0.4, 0.5) is 5.69 Å². The topological polar surface area (TPSA) is 88.9 Å². The number of hydrogen-bond acceptors (Lipinski definition) is 5. The van der Waals surface area contributed by atoms with E-state index in [9.17, 15) is 9.59 Å². The van der Waals surface area contributed by atoms with E-state index in [4.69, 9.17) is 0 Å². The molecule has 8 heteroatoms. The van der Waals surface area contributed by atoms with Crippen molar-refractivity contribution in [1.82, 2.24) is 20.1 Å². The summed E-state index contributed by atoms with van der Waals surface area (Å²) < 4.78 is 1.71. The Morgan fingerprint density at radius 2 is 2.22 bits per heavy atom. The number of nitrogens with one attached hydrogen (secondary N) is 2. The summed E-state index contributed by atoms with van der Waals surface area (Å²) in [5, 5.41) is 12.5. The Labute approximate surface area is 160 Å². The first kappa shape index (κ1) is 17.4. The third-order valence-corrected chi connectivity index (χ3v) is 5.45. The zero-order chi connectivity index (χ0) is 19.0. The van der Waals surface area contributed by atoms with Crippen LogP contribution in [0.2, 0.25) is 0 Å². The van der Waals surface area contributed by atoms with E-state index in [-0.39, 0.29) is 17.9 Å². The molecule has 1 atom stereocenters. The van der Waals surface area contributed by atoms with Crippen LogP contribution in [0, 0.1) is 0 Å². The molecular formula is C19H19N5O2S. The van der Waals surface area contributed by atoms with E-state index in [1.807, 2.05) is 38.4 Å². The average Bonchev–Trinajstić information content (AvgIpc) is 3.30. The van der Waals surface area contributed by atoms with E-state index in [1.54, 1.807) is 16.3 Å². The Morgan fingerprint density at radius 1 is 1.37 bits per heavy atom. The second-order valence-electron chi connectivity index (χ2n) is 6.60. The largest absolute Gasteiger partial charge is 0.344 e. The molecule has 138 valence electrons. The van der Waals surface area contributed by atoms with Gasteiger partial charge in [0.2, 0.25) is 5.91 Å². The van der Waals surface area contributed by atoms with Gasteiger partial charge in [-0.2, -0.15) is 5.10 Å². The molecule has 27 heavy (non-hydrogen) atoms. The predicted octanol–water partition coefficient (Wildman–Crippen LogP) is 2.92. The fourth-order valence-electron chi connectivity index (χ4n) is 3.07. The summed E-state index contributed by atoms with van der Waals surface area (Å²) in [5.41, 5.74) is 4.25. The molecule has 0 aliphatic carbocycles. The fourth-order valence-corrected chi connectivity index (χ4v) is 3.84. The lowest BCUT2D eigenvalue weighted by molar-refractivity contribution is -0.116. The molecule has 0 saturated carbocycles. The minimum atomic E-state index is -0.208. The van der Waals surface area contributed by atoms with Crippen molar-refractivity contribution in [2.45, 2.75) is 25.8 Å². The first-order valence-corrected chi connectivity index (χ1v) is 9.55. The van der Waals surface area contributed by atoms with E-state index in [1.165, 1.54) is 11.3 Å². The Morgan fingerprint density at radius 3 is 3.00 bits per heavy atom. The minimum absolute atomic E-state index is 0.0459. The highest BCUT2D eigenvalue weighted by molar-refractivity contribution is 7.13. The fraction of sp³-hybridized carbons (Fsp3) is 0.263. The quantitative estimate of drug-likeness (QED) is 0.727. The van der Waals surface area contributed by atoms with Crippen LogP contribution in [0.1, 0.15) is 41.0 Å². The summed E-state index contributed by atoms with van der Waals surface area (Å²) in [4.78, 5) is 28.5. The van der Waals surface area contributed by atoms with Gasteiger partial charge in [0, 0.05) is 36.3 Å². The molecule has 0 spiro atoms. The molecule has 0 radical (unpaired) electrons. The molecule has 1 aliphatic rings. The van der Waals surface area contributed by atoms with Crippen molar-refractivity contribution >= 4 is 28.8 Å². The van der Waals surface area contributed by atoms with Crippen LogP contribution in [0.3, 0.4) is 0 Å². The van der Waals surface area contributed by atoms with Gasteiger partial charge in [-0.05, 0) is 30.5 Å². The van der Waals surface area contributed by atoms with Crippen LogP contribution in [-0.2, 0) is 18.3 Å². The maximum absolute atomic E-state index is 12.6. The predicted molar refractivity (Wildman–Crippen MR) is 104 cm³/mol. The van der Waals surface area contributed by atoms with Gasteiger partial charge in [-0.15, -0.1) is 11.3 Å². The summed E-state index contributed by atoms with van der Waals surface area (Å²) in [5.74, 6) is -0.163. The van der Waals surface area contributed by atoms with Gasteiger partial charge in [0.25, 0.3) is 5.91 Å². The second-order valence-corrected chi connectivity index (χ2v) is 7.46. The van der Waals surface area contributed by atoms with Crippen molar-refractivity contribution in [3.05, 3.63) is 52.8 Å². The molecule has 0 bridgehead atoms. The molecule has 2 aromatic heterocycles. The van der Waals surface area contributed by atoms with Gasteiger partial charge in [-0.3, -0.25) is 14.3 Å². The van der Waals surface area contributed by atoms with Gasteiger partial charge >= 0.3 is 0 Å². The number of amides is 2. The van der Waals surface area contributed by atoms with Crippen molar-refractivity contribution < 1.29 is 9.59 Å². The average molecular weight is 381 g/mol. The van der Waals surface area contributed by atoms with E-state index in [2.05, 4.69) is 20.7 Å². The van der Waals surface area contributed by atoms with Crippen molar-refractivity contribution in [1.29, 1.82) is 0 Å². The molecule has 2 amide bonds. The van der Waals surface area contributed by atoms with Crippen molar-refractivity contribution in [3.8, 4) is 10.6 Å². The molecule has 1 unspecified atom stereocenters. The summed E-state index contributed by atoms with van der Waals surface area (Å²) in [7, 11) is 1.84. The standard InChI is InChI=1S/C19H19N5O2S/c1-11(12-3-5-15-13(7-12)4-6-17(25)22-15)21-18(26)16-10-27-19(23-16)14-8-20-24(2)9-14/h3,5,7-11H,4,6H2,1-2H3,(H,21,26)(H,22,25). The summed E-state index contributed by atoms with van der Waals surface area (Å²) in [6.07, 6.45) is 4.81. The number of carbonyl (C=O) groups excluding carboxylic acids is 2. The molecule has 0 saturated heterocycles. The zero-order valence-electron chi connectivity index (χ0n) is 15.0. The van der Waals surface area contributed by atoms with Crippen molar-refractivity contribution in [2.24, 2.45) is 7.05 Å². The molecule has 1 aromatic carbocycles. The van der Waals surface area contributed by atoms with Gasteiger partial charge in [-0.1, -0.05) is 12.1 Å². The molecule has 4 rings (SSSR count). The maximum Gasteiger partial charge on any atom is 0.271 e. The Hall–Kier alpha value is -3.00. The number of aryl methyl sites for hydroxylation is 2. The summed E-state index contributed by atoms with van der Waals surface area (Å²) >= 11 is 1.42. The first-order valence-electron chi connectivity index (χ1n) is 8.67. The molecule has 7 nitrogen and oxygen atoms in total. The van der Waals surface area contributed by atoms with Gasteiger partial charge in [0.05, 0.1) is 12.2 Å². The van der Waals surface area contributed by atoms with Gasteiger partial charge in [0.1, 0.15) is 10.7 Å². The number of nitrogens with zero attached hydrogens (tertiary/aromatic N) is 3. The number of thiazole rings is 1. The van der Waals surface area contributed by atoms with E-state index in [0.717, 1.165) is 33.8 Å². The van der Waals surface area contributed by atoms with Crippen LogP contribution >= 0.6 is 11.3 Å². The monoisotopic (exact) mass is 381 g/mol. The molecule has 0 fully saturated rings. The smallest absolute Gasteiger partial charge is 0.271 e. The number of carbonyl (C=O) groups is 2. The highest BCUT2D eigenvalue weighted by atomic mass is 32.1. The zero-order valence-corrected chi connectivity index (χ0v) is 15.8. The third kappa shape index (κ3) is 3.61. The Kier molecular flexibility index (Phi) is 4.49. The summed E-state index contributed by atoms with van der Waals surface area (Å²) in [6.45, 7) is 1.94. The van der Waals surface area contributed by atoms with E-state index < -0.39 is 0 Å². The molecule has 3 heterocycles. The van der Waals surface area contributed by atoms with Crippen LogP contribution in [-0.4, -0.2) is 26.6 Å². The van der Waals surface area contributed by atoms with Gasteiger partial charge in [-0.25, -0.2) is 4.98 Å². The number of aromatic nitrogens is 3. The third-order valence-electron chi connectivity index (χ3n) is 4.56. The normalized spacial score (nSPS) is 14.4. The number of benzene rings is 1. The lowest BCUT2D eigenvalue weighted by atomic mass is 9.98. The van der Waals surface area contributed by atoms with Crippen LogP contribution in [0.5, 0.6) is 0 Å². The highest BCUT2D eigenvalue weighted by Gasteiger charge is 2.19. The Bertz CT molecular complexity index is 1020. The maximum atomic E-state index is 12.6. The summed E-state index contributed by atoms with van der Waals surface area (Å²) in [6, 6.07) is 5.71. The molecule has 1 aliphatic heterocycles. The lowest BCUT2D eigenvalue weighted by Crippen LogP contribution is -2.27. The number of hydrogen-bond donors (Lipinski definition) is 2. The van der Waals surface area contributed by atoms with Gasteiger partial charge in [0.15, 0.2) is 0 Å². The molecule has 3 aromatic rings. The van der Waals surface area contributed by atoms with Crippen molar-refractivity contribution in [2.75, 3.05) is 5.32 Å². The first-order chi connectivity index (χ1) is 13.0. The SMILES string of the molecule is CC(NC(=O)c1csc(-c2cnn(C)c2)n1)c1ccc2c(c1)CCC(=O)N2. The van der Waals surface area contributed by atoms with E-state index >= 15 is 0 Å². The highest BCUT2D eigenvalue weighted by Crippen LogP contribution is 2.27. The van der Waals surface area contributed by atoms with Gasteiger partial charge < -0.3 is 10.6 Å². The minimum Gasteiger partial charge on any atom is -0.344 e. The number of rotatable bonds is 4.